The average molecular weight is 230 g/mol. The monoisotopic (exact) mass is 230 g/mol. The van der Waals surface area contributed by atoms with E-state index in [-0.39, 0.29) is 11.6 Å². The molecule has 17 heavy (non-hydrogen) atoms. The lowest BCUT2D eigenvalue weighted by atomic mass is 10.1. The van der Waals surface area contributed by atoms with Gasteiger partial charge in [-0.05, 0) is 44.3 Å². The van der Waals surface area contributed by atoms with Gasteiger partial charge in [0.25, 0.3) is 5.56 Å². The van der Waals surface area contributed by atoms with Crippen LogP contribution in [0.15, 0.2) is 35.1 Å². The van der Waals surface area contributed by atoms with E-state index in [4.69, 9.17) is 5.73 Å². The Hall–Kier alpha value is -1.61. The minimum absolute atomic E-state index is 0.0872. The summed E-state index contributed by atoms with van der Waals surface area (Å²) in [5, 5.41) is 1.10. The summed E-state index contributed by atoms with van der Waals surface area (Å²) >= 11 is 0. The highest BCUT2D eigenvalue weighted by molar-refractivity contribution is 5.79. The van der Waals surface area contributed by atoms with Crippen LogP contribution in [0, 0.1) is 0 Å². The fourth-order valence-electron chi connectivity index (χ4n) is 2.19. The summed E-state index contributed by atoms with van der Waals surface area (Å²) < 4.78 is 1.85. The molecule has 0 aliphatic heterocycles. The van der Waals surface area contributed by atoms with Gasteiger partial charge in [0, 0.05) is 11.6 Å². The smallest absolute Gasteiger partial charge is 0.254 e. The SMILES string of the molecule is CC(C)n1c(=O)c(CCN)cc2ccccc21. The van der Waals surface area contributed by atoms with Crippen LogP contribution >= 0.6 is 0 Å². The number of pyridine rings is 1. The number of aromatic nitrogens is 1. The minimum atomic E-state index is 0.0872. The van der Waals surface area contributed by atoms with Gasteiger partial charge in [0.05, 0.1) is 5.52 Å². The molecule has 1 heterocycles. The third kappa shape index (κ3) is 2.11. The van der Waals surface area contributed by atoms with Gasteiger partial charge in [0.1, 0.15) is 0 Å². The van der Waals surface area contributed by atoms with Crippen molar-refractivity contribution in [1.82, 2.24) is 4.57 Å². The maximum atomic E-state index is 12.3. The molecule has 0 radical (unpaired) electrons. The molecule has 0 spiro atoms. The second kappa shape index (κ2) is 4.72. The molecule has 0 fully saturated rings. The summed E-state index contributed by atoms with van der Waals surface area (Å²) in [5.41, 5.74) is 7.44. The van der Waals surface area contributed by atoms with Crippen molar-refractivity contribution in [2.24, 2.45) is 5.73 Å². The van der Waals surface area contributed by atoms with E-state index in [9.17, 15) is 4.79 Å². The van der Waals surface area contributed by atoms with Crippen LogP contribution in [-0.2, 0) is 6.42 Å². The van der Waals surface area contributed by atoms with Crippen LogP contribution in [0.2, 0.25) is 0 Å². The zero-order valence-corrected chi connectivity index (χ0v) is 10.3. The Balaban J connectivity index is 2.81. The standard InChI is InChI=1S/C14H18N2O/c1-10(2)16-13-6-4-3-5-11(13)9-12(7-8-15)14(16)17/h3-6,9-10H,7-8,15H2,1-2H3. The molecule has 0 bridgehead atoms. The first-order valence-corrected chi connectivity index (χ1v) is 5.98. The zero-order chi connectivity index (χ0) is 12.4. The molecule has 1 aromatic heterocycles. The van der Waals surface area contributed by atoms with E-state index in [0.29, 0.717) is 13.0 Å². The Morgan fingerprint density at radius 1 is 1.29 bits per heavy atom. The average Bonchev–Trinajstić information content (AvgIpc) is 2.30. The number of nitrogens with zero attached hydrogens (tertiary/aromatic N) is 1. The van der Waals surface area contributed by atoms with Gasteiger partial charge < -0.3 is 10.3 Å². The molecule has 2 rings (SSSR count). The highest BCUT2D eigenvalue weighted by Gasteiger charge is 2.10. The van der Waals surface area contributed by atoms with Crippen molar-refractivity contribution in [3.63, 3.8) is 0 Å². The molecule has 2 aromatic rings. The summed E-state index contributed by atoms with van der Waals surface area (Å²) in [6.07, 6.45) is 0.635. The molecule has 90 valence electrons. The number of hydrogen-bond donors (Lipinski definition) is 1. The number of benzene rings is 1. The van der Waals surface area contributed by atoms with E-state index in [1.807, 2.05) is 48.7 Å². The van der Waals surface area contributed by atoms with Crippen LogP contribution in [-0.4, -0.2) is 11.1 Å². The molecule has 0 amide bonds. The van der Waals surface area contributed by atoms with E-state index in [2.05, 4.69) is 0 Å². The predicted octanol–water partition coefficient (Wildman–Crippen LogP) is 2.08. The molecule has 3 heteroatoms. The van der Waals surface area contributed by atoms with Crippen LogP contribution in [0.1, 0.15) is 25.5 Å². The molecule has 1 aromatic carbocycles. The van der Waals surface area contributed by atoms with Gasteiger partial charge in [-0.25, -0.2) is 0 Å². The molecule has 3 nitrogen and oxygen atoms in total. The third-order valence-electron chi connectivity index (χ3n) is 2.95. The first-order valence-electron chi connectivity index (χ1n) is 5.98. The van der Waals surface area contributed by atoms with Gasteiger partial charge in [-0.1, -0.05) is 18.2 Å². The molecule has 0 atom stereocenters. The third-order valence-corrected chi connectivity index (χ3v) is 2.95. The topological polar surface area (TPSA) is 48.0 Å². The molecule has 0 aliphatic rings. The van der Waals surface area contributed by atoms with Crippen molar-refractivity contribution < 1.29 is 0 Å². The number of rotatable bonds is 3. The van der Waals surface area contributed by atoms with Crippen LogP contribution in [0.25, 0.3) is 10.9 Å². The van der Waals surface area contributed by atoms with Crippen LogP contribution in [0.5, 0.6) is 0 Å². The largest absolute Gasteiger partial charge is 0.330 e. The Morgan fingerprint density at radius 2 is 2.00 bits per heavy atom. The zero-order valence-electron chi connectivity index (χ0n) is 10.3. The number of fused-ring (bicyclic) bond motifs is 1. The van der Waals surface area contributed by atoms with Crippen LogP contribution in [0.3, 0.4) is 0 Å². The number of nitrogens with two attached hydrogens (primary N) is 1. The van der Waals surface area contributed by atoms with Gasteiger partial charge in [-0.15, -0.1) is 0 Å². The predicted molar refractivity (Wildman–Crippen MR) is 71.4 cm³/mol. The molecule has 0 saturated carbocycles. The summed E-state index contributed by atoms with van der Waals surface area (Å²) in [6, 6.07) is 10.1. The summed E-state index contributed by atoms with van der Waals surface area (Å²) in [6.45, 7) is 4.56. The number of para-hydroxylation sites is 1. The van der Waals surface area contributed by atoms with Gasteiger partial charge in [0.15, 0.2) is 0 Å². The van der Waals surface area contributed by atoms with Crippen molar-refractivity contribution in [3.05, 3.63) is 46.2 Å². The quantitative estimate of drug-likeness (QED) is 0.877. The van der Waals surface area contributed by atoms with E-state index in [1.165, 1.54) is 0 Å². The van der Waals surface area contributed by atoms with Gasteiger partial charge in [0.2, 0.25) is 0 Å². The van der Waals surface area contributed by atoms with E-state index < -0.39 is 0 Å². The fourth-order valence-corrected chi connectivity index (χ4v) is 2.19. The Morgan fingerprint density at radius 3 is 2.65 bits per heavy atom. The van der Waals surface area contributed by atoms with Crippen LogP contribution < -0.4 is 11.3 Å². The molecule has 0 saturated heterocycles. The highest BCUT2D eigenvalue weighted by atomic mass is 16.1. The number of hydrogen-bond acceptors (Lipinski definition) is 2. The Bertz CT molecular complexity index is 584. The highest BCUT2D eigenvalue weighted by Crippen LogP contribution is 2.17. The lowest BCUT2D eigenvalue weighted by Crippen LogP contribution is -2.26. The van der Waals surface area contributed by atoms with E-state index in [0.717, 1.165) is 16.5 Å². The Kier molecular flexibility index (Phi) is 3.29. The normalized spacial score (nSPS) is 11.3. The Labute approximate surface area is 101 Å². The van der Waals surface area contributed by atoms with Crippen molar-refractivity contribution >= 4 is 10.9 Å². The lowest BCUT2D eigenvalue weighted by molar-refractivity contribution is 0.595. The first-order chi connectivity index (χ1) is 8.15. The summed E-state index contributed by atoms with van der Waals surface area (Å²) in [7, 11) is 0. The molecule has 0 unspecified atom stereocenters. The van der Waals surface area contributed by atoms with Gasteiger partial charge >= 0.3 is 0 Å². The molecular weight excluding hydrogens is 212 g/mol. The maximum Gasteiger partial charge on any atom is 0.254 e. The van der Waals surface area contributed by atoms with Gasteiger partial charge in [-0.2, -0.15) is 0 Å². The van der Waals surface area contributed by atoms with Gasteiger partial charge in [-0.3, -0.25) is 4.79 Å². The fraction of sp³-hybridized carbons (Fsp3) is 0.357. The van der Waals surface area contributed by atoms with Crippen molar-refractivity contribution in [2.45, 2.75) is 26.3 Å². The second-order valence-electron chi connectivity index (χ2n) is 4.54. The first kappa shape index (κ1) is 11.9. The van der Waals surface area contributed by atoms with E-state index in [1.54, 1.807) is 0 Å². The minimum Gasteiger partial charge on any atom is -0.330 e. The molecular formula is C14H18N2O. The summed E-state index contributed by atoms with van der Waals surface area (Å²) in [4.78, 5) is 12.3. The van der Waals surface area contributed by atoms with E-state index >= 15 is 0 Å². The molecule has 2 N–H and O–H groups in total. The van der Waals surface area contributed by atoms with Crippen molar-refractivity contribution in [1.29, 1.82) is 0 Å². The summed E-state index contributed by atoms with van der Waals surface area (Å²) in [5.74, 6) is 0. The van der Waals surface area contributed by atoms with Crippen LogP contribution in [0.4, 0.5) is 0 Å². The molecule has 0 aliphatic carbocycles. The lowest BCUT2D eigenvalue weighted by Gasteiger charge is -2.15. The van der Waals surface area contributed by atoms with Crippen molar-refractivity contribution in [2.75, 3.05) is 6.54 Å². The van der Waals surface area contributed by atoms with Crippen molar-refractivity contribution in [3.8, 4) is 0 Å². The maximum absolute atomic E-state index is 12.3. The second-order valence-corrected chi connectivity index (χ2v) is 4.54.